The Hall–Kier alpha value is -2.59. The molecule has 0 aliphatic carbocycles. The van der Waals surface area contributed by atoms with Crippen LogP contribution in [0.2, 0.25) is 0 Å². The Labute approximate surface area is 165 Å². The maximum Gasteiger partial charge on any atom is 0.239 e. The van der Waals surface area contributed by atoms with E-state index in [-0.39, 0.29) is 11.2 Å². The molecule has 0 aliphatic heterocycles. The van der Waals surface area contributed by atoms with Crippen molar-refractivity contribution in [3.8, 4) is 11.4 Å². The molecule has 0 aliphatic rings. The molecule has 0 radical (unpaired) electrons. The Morgan fingerprint density at radius 3 is 2.74 bits per heavy atom. The molecule has 0 fully saturated rings. The highest BCUT2D eigenvalue weighted by atomic mass is 32.2. The maximum absolute atomic E-state index is 12.6. The van der Waals surface area contributed by atoms with Gasteiger partial charge in [-0.3, -0.25) is 19.7 Å². The normalized spacial score (nSPS) is 11.9. The average molecular weight is 402 g/mol. The van der Waals surface area contributed by atoms with Crippen molar-refractivity contribution in [1.82, 2.24) is 29.9 Å². The largest absolute Gasteiger partial charge is 0.300 e. The summed E-state index contributed by atoms with van der Waals surface area (Å²) in [7, 11) is 0. The molecule has 1 N–H and O–H groups in total. The molecule has 3 aromatic rings. The van der Waals surface area contributed by atoms with Crippen LogP contribution in [0.15, 0.2) is 42.3 Å². The van der Waals surface area contributed by atoms with Crippen molar-refractivity contribution >= 4 is 34.1 Å². The molecule has 0 spiro atoms. The van der Waals surface area contributed by atoms with Gasteiger partial charge in [0.25, 0.3) is 0 Å². The summed E-state index contributed by atoms with van der Waals surface area (Å²) in [6, 6.07) is 3.75. The molecule has 0 aromatic carbocycles. The van der Waals surface area contributed by atoms with Gasteiger partial charge in [0.05, 0.1) is 5.25 Å². The highest BCUT2D eigenvalue weighted by molar-refractivity contribution is 8.00. The Kier molecular flexibility index (Phi) is 6.30. The number of amides is 1. The number of aromatic nitrogens is 6. The summed E-state index contributed by atoms with van der Waals surface area (Å²) in [5.74, 6) is 0.590. The summed E-state index contributed by atoms with van der Waals surface area (Å²) in [6.07, 6.45) is 5.84. The third-order valence-electron chi connectivity index (χ3n) is 3.63. The lowest BCUT2D eigenvalue weighted by Crippen LogP contribution is -2.25. The lowest BCUT2D eigenvalue weighted by molar-refractivity contribution is -0.115. The highest BCUT2D eigenvalue weighted by Gasteiger charge is 2.23. The van der Waals surface area contributed by atoms with Gasteiger partial charge in [-0.05, 0) is 25.5 Å². The number of hydrogen-bond donors (Lipinski definition) is 1. The number of allylic oxidation sites excluding steroid dienone is 1. The van der Waals surface area contributed by atoms with Gasteiger partial charge in [0.15, 0.2) is 11.0 Å². The molecule has 3 rings (SSSR count). The van der Waals surface area contributed by atoms with E-state index < -0.39 is 0 Å². The number of thioether (sulfide) groups is 1. The van der Waals surface area contributed by atoms with E-state index in [9.17, 15) is 4.79 Å². The van der Waals surface area contributed by atoms with E-state index in [0.29, 0.717) is 23.3 Å². The first kappa shape index (κ1) is 19.2. The minimum Gasteiger partial charge on any atom is -0.300 e. The van der Waals surface area contributed by atoms with E-state index in [2.05, 4.69) is 37.3 Å². The minimum atomic E-state index is -0.327. The molecule has 3 heterocycles. The summed E-state index contributed by atoms with van der Waals surface area (Å²) < 4.78 is 1.94. The van der Waals surface area contributed by atoms with Crippen molar-refractivity contribution in [2.75, 3.05) is 5.32 Å². The third-order valence-corrected chi connectivity index (χ3v) is 5.73. The number of carbonyl (C=O) groups is 1. The fourth-order valence-corrected chi connectivity index (χ4v) is 3.92. The quantitative estimate of drug-likeness (QED) is 0.457. The molecule has 8 nitrogen and oxygen atoms in total. The van der Waals surface area contributed by atoms with Gasteiger partial charge < -0.3 is 0 Å². The zero-order valence-electron chi connectivity index (χ0n) is 15.0. The van der Waals surface area contributed by atoms with Gasteiger partial charge in [-0.25, -0.2) is 0 Å². The number of hydrogen-bond acceptors (Lipinski definition) is 8. The van der Waals surface area contributed by atoms with Gasteiger partial charge >= 0.3 is 0 Å². The van der Waals surface area contributed by atoms with Crippen LogP contribution >= 0.6 is 23.1 Å². The van der Waals surface area contributed by atoms with E-state index in [0.717, 1.165) is 16.4 Å². The Morgan fingerprint density at radius 1 is 1.33 bits per heavy atom. The summed E-state index contributed by atoms with van der Waals surface area (Å²) in [5, 5.41) is 20.9. The van der Waals surface area contributed by atoms with Crippen LogP contribution in [-0.4, -0.2) is 41.1 Å². The Bertz CT molecular complexity index is 923. The van der Waals surface area contributed by atoms with Gasteiger partial charge in [0.2, 0.25) is 11.0 Å². The summed E-state index contributed by atoms with van der Waals surface area (Å²) >= 11 is 2.72. The minimum absolute atomic E-state index is 0.128. The maximum atomic E-state index is 12.6. The topological polar surface area (TPSA) is 98.5 Å². The smallest absolute Gasteiger partial charge is 0.239 e. The van der Waals surface area contributed by atoms with Crippen LogP contribution in [0.4, 0.5) is 5.13 Å². The van der Waals surface area contributed by atoms with Gasteiger partial charge in [0, 0.05) is 24.5 Å². The van der Waals surface area contributed by atoms with Crippen molar-refractivity contribution < 1.29 is 4.79 Å². The third kappa shape index (κ3) is 4.58. The number of anilines is 1. The highest BCUT2D eigenvalue weighted by Crippen LogP contribution is 2.29. The summed E-state index contributed by atoms with van der Waals surface area (Å²) in [5.41, 5.74) is 0.910. The second kappa shape index (κ2) is 8.87. The fourth-order valence-electron chi connectivity index (χ4n) is 2.37. The molecule has 1 atom stereocenters. The van der Waals surface area contributed by atoms with Gasteiger partial charge in [-0.2, -0.15) is 0 Å². The Balaban J connectivity index is 1.81. The van der Waals surface area contributed by atoms with E-state index in [1.807, 2.05) is 30.5 Å². The van der Waals surface area contributed by atoms with Crippen molar-refractivity contribution in [3.05, 3.63) is 42.2 Å². The van der Waals surface area contributed by atoms with Crippen LogP contribution in [0.5, 0.6) is 0 Å². The van der Waals surface area contributed by atoms with Crippen molar-refractivity contribution in [2.24, 2.45) is 0 Å². The number of nitrogens with zero attached hydrogens (tertiary/aromatic N) is 6. The SMILES string of the molecule is C=CCn1c(S[C@@H](CC)C(=O)Nc2nnc(C)s2)nnc1-c1ccncc1. The Morgan fingerprint density at radius 2 is 2.11 bits per heavy atom. The first-order chi connectivity index (χ1) is 13.1. The number of nitrogens with one attached hydrogen (secondary N) is 1. The number of aryl methyl sites for hydroxylation is 1. The average Bonchev–Trinajstić information content (AvgIpc) is 3.26. The molecule has 0 saturated heterocycles. The predicted molar refractivity (Wildman–Crippen MR) is 107 cm³/mol. The molecule has 140 valence electrons. The second-order valence-corrected chi connectivity index (χ2v) is 7.92. The molecule has 3 aromatic heterocycles. The van der Waals surface area contributed by atoms with Crippen LogP contribution in [0.25, 0.3) is 11.4 Å². The van der Waals surface area contributed by atoms with Gasteiger partial charge in [-0.1, -0.05) is 36.1 Å². The fraction of sp³-hybridized carbons (Fsp3) is 0.294. The lowest BCUT2D eigenvalue weighted by Gasteiger charge is -2.14. The van der Waals surface area contributed by atoms with Crippen molar-refractivity contribution in [2.45, 2.75) is 37.2 Å². The van der Waals surface area contributed by atoms with E-state index in [4.69, 9.17) is 0 Å². The van der Waals surface area contributed by atoms with Crippen LogP contribution in [-0.2, 0) is 11.3 Å². The van der Waals surface area contributed by atoms with E-state index >= 15 is 0 Å². The molecular weight excluding hydrogens is 382 g/mol. The molecule has 0 unspecified atom stereocenters. The predicted octanol–water partition coefficient (Wildman–Crippen LogP) is 3.20. The summed E-state index contributed by atoms with van der Waals surface area (Å²) in [6.45, 7) is 8.16. The van der Waals surface area contributed by atoms with Crippen LogP contribution in [0.3, 0.4) is 0 Å². The van der Waals surface area contributed by atoms with E-state index in [1.165, 1.54) is 23.1 Å². The first-order valence-corrected chi connectivity index (χ1v) is 10.0. The number of carbonyl (C=O) groups excluding carboxylic acids is 1. The zero-order chi connectivity index (χ0) is 19.2. The molecule has 10 heteroatoms. The van der Waals surface area contributed by atoms with Crippen LogP contribution in [0, 0.1) is 6.92 Å². The lowest BCUT2D eigenvalue weighted by atomic mass is 10.2. The van der Waals surface area contributed by atoms with Crippen LogP contribution < -0.4 is 5.32 Å². The first-order valence-electron chi connectivity index (χ1n) is 8.34. The molecular formula is C17H19N7OS2. The van der Waals surface area contributed by atoms with Gasteiger partial charge in [0.1, 0.15) is 5.01 Å². The van der Waals surface area contributed by atoms with Crippen molar-refractivity contribution in [3.63, 3.8) is 0 Å². The second-order valence-electron chi connectivity index (χ2n) is 5.57. The monoisotopic (exact) mass is 401 g/mol. The molecule has 0 saturated carbocycles. The van der Waals surface area contributed by atoms with Gasteiger partial charge in [-0.15, -0.1) is 27.0 Å². The number of pyridine rings is 1. The molecule has 27 heavy (non-hydrogen) atoms. The zero-order valence-corrected chi connectivity index (χ0v) is 16.6. The number of rotatable bonds is 8. The molecule has 0 bridgehead atoms. The van der Waals surface area contributed by atoms with Crippen LogP contribution in [0.1, 0.15) is 18.4 Å². The molecule has 1 amide bonds. The van der Waals surface area contributed by atoms with E-state index in [1.54, 1.807) is 18.5 Å². The van der Waals surface area contributed by atoms with Crippen molar-refractivity contribution in [1.29, 1.82) is 0 Å². The summed E-state index contributed by atoms with van der Waals surface area (Å²) in [4.78, 5) is 16.7. The standard InChI is InChI=1S/C17H19N7OS2/c1-4-10-24-14(12-6-8-18-9-7-12)21-23-17(24)27-13(5-2)15(25)19-16-22-20-11(3)26-16/h4,6-9,13H,1,5,10H2,2-3H3,(H,19,22,25)/t13-/m0/s1.